The van der Waals surface area contributed by atoms with Crippen LogP contribution in [0.1, 0.15) is 18.4 Å². The number of hydrogen-bond acceptors (Lipinski definition) is 3. The lowest BCUT2D eigenvalue weighted by Gasteiger charge is -2.39. The van der Waals surface area contributed by atoms with Crippen molar-refractivity contribution in [3.05, 3.63) is 58.2 Å². The molecule has 5 heteroatoms. The Morgan fingerprint density at radius 2 is 1.57 bits per heavy atom. The molecule has 1 aliphatic rings. The lowest BCUT2D eigenvalue weighted by molar-refractivity contribution is 0.0116. The van der Waals surface area contributed by atoms with E-state index in [0.717, 1.165) is 24.5 Å². The molecule has 0 aliphatic carbocycles. The fourth-order valence-electron chi connectivity index (χ4n) is 2.71. The summed E-state index contributed by atoms with van der Waals surface area (Å²) >= 11 is 11.8. The minimum Gasteiger partial charge on any atom is -0.385 e. The third kappa shape index (κ3) is 3.15. The van der Waals surface area contributed by atoms with Crippen LogP contribution >= 0.6 is 23.2 Å². The Morgan fingerprint density at radius 3 is 2.14 bits per heavy atom. The van der Waals surface area contributed by atoms with Gasteiger partial charge in [0.05, 0.1) is 10.6 Å². The Balaban J connectivity index is 1.72. The second-order valence-electron chi connectivity index (χ2n) is 5.36. The van der Waals surface area contributed by atoms with Gasteiger partial charge < -0.3 is 10.0 Å². The summed E-state index contributed by atoms with van der Waals surface area (Å²) in [5, 5.41) is 12.1. The molecule has 110 valence electrons. The van der Waals surface area contributed by atoms with Crippen LogP contribution in [0.4, 0.5) is 5.82 Å². The van der Waals surface area contributed by atoms with Crippen molar-refractivity contribution in [2.75, 3.05) is 18.0 Å². The van der Waals surface area contributed by atoms with Crippen LogP contribution in [0.3, 0.4) is 0 Å². The van der Waals surface area contributed by atoms with Gasteiger partial charge in [-0.2, -0.15) is 0 Å². The highest BCUT2D eigenvalue weighted by molar-refractivity contribution is 6.30. The standard InChI is InChI=1S/C16H16Cl2N2O/c17-13-3-1-12(2-4-13)16(21)7-9-20(10-8-16)15-6-5-14(18)11-19-15/h1-6,11,21H,7-10H2. The first-order valence-electron chi connectivity index (χ1n) is 6.92. The maximum atomic E-state index is 10.8. The van der Waals surface area contributed by atoms with Crippen LogP contribution in [-0.2, 0) is 5.60 Å². The van der Waals surface area contributed by atoms with Crippen LogP contribution in [-0.4, -0.2) is 23.2 Å². The molecule has 0 amide bonds. The van der Waals surface area contributed by atoms with Gasteiger partial charge in [0.2, 0.25) is 0 Å². The first-order chi connectivity index (χ1) is 10.1. The van der Waals surface area contributed by atoms with E-state index in [0.29, 0.717) is 22.9 Å². The Morgan fingerprint density at radius 1 is 0.952 bits per heavy atom. The summed E-state index contributed by atoms with van der Waals surface area (Å²) in [6.45, 7) is 1.52. The largest absolute Gasteiger partial charge is 0.385 e. The van der Waals surface area contributed by atoms with Gasteiger partial charge in [0.1, 0.15) is 5.82 Å². The summed E-state index contributed by atoms with van der Waals surface area (Å²) in [4.78, 5) is 6.50. The van der Waals surface area contributed by atoms with Gasteiger partial charge in [-0.25, -0.2) is 4.98 Å². The second-order valence-corrected chi connectivity index (χ2v) is 6.23. The number of nitrogens with zero attached hydrogens (tertiary/aromatic N) is 2. The minimum absolute atomic E-state index is 0.633. The summed E-state index contributed by atoms with van der Waals surface area (Å²) in [6.07, 6.45) is 2.98. The Kier molecular flexibility index (Phi) is 4.07. The lowest BCUT2D eigenvalue weighted by atomic mass is 9.84. The van der Waals surface area contributed by atoms with E-state index < -0.39 is 5.60 Å². The second kappa shape index (κ2) is 5.84. The fraction of sp³-hybridized carbons (Fsp3) is 0.312. The molecule has 1 fully saturated rings. The molecule has 3 nitrogen and oxygen atoms in total. The van der Waals surface area contributed by atoms with Crippen molar-refractivity contribution in [2.45, 2.75) is 18.4 Å². The summed E-state index contributed by atoms with van der Waals surface area (Å²) in [6, 6.07) is 11.2. The number of anilines is 1. The van der Waals surface area contributed by atoms with Gasteiger partial charge in [0.25, 0.3) is 0 Å². The highest BCUT2D eigenvalue weighted by atomic mass is 35.5. The lowest BCUT2D eigenvalue weighted by Crippen LogP contribution is -2.42. The number of piperidine rings is 1. The molecule has 1 aromatic carbocycles. The fourth-order valence-corrected chi connectivity index (χ4v) is 2.95. The van der Waals surface area contributed by atoms with E-state index in [1.54, 1.807) is 6.20 Å². The molecule has 1 N–H and O–H groups in total. The number of aliphatic hydroxyl groups is 1. The zero-order chi connectivity index (χ0) is 14.9. The predicted octanol–water partition coefficient (Wildman–Crippen LogP) is 3.88. The van der Waals surface area contributed by atoms with Crippen molar-refractivity contribution in [3.8, 4) is 0 Å². The highest BCUT2D eigenvalue weighted by Gasteiger charge is 2.34. The van der Waals surface area contributed by atoms with E-state index in [-0.39, 0.29) is 0 Å². The molecule has 1 aromatic heterocycles. The summed E-state index contributed by atoms with van der Waals surface area (Å²) in [5.74, 6) is 0.901. The molecule has 0 bridgehead atoms. The highest BCUT2D eigenvalue weighted by Crippen LogP contribution is 2.34. The van der Waals surface area contributed by atoms with Crippen molar-refractivity contribution in [1.82, 2.24) is 4.98 Å². The van der Waals surface area contributed by atoms with Crippen molar-refractivity contribution in [1.29, 1.82) is 0 Å². The number of pyridine rings is 1. The first kappa shape index (κ1) is 14.6. The van der Waals surface area contributed by atoms with Gasteiger partial charge in [-0.05, 0) is 42.7 Å². The smallest absolute Gasteiger partial charge is 0.128 e. The van der Waals surface area contributed by atoms with E-state index in [9.17, 15) is 5.11 Å². The minimum atomic E-state index is -0.784. The zero-order valence-corrected chi connectivity index (χ0v) is 13.0. The van der Waals surface area contributed by atoms with Crippen LogP contribution in [0.2, 0.25) is 10.0 Å². The van der Waals surface area contributed by atoms with Crippen LogP contribution in [0.5, 0.6) is 0 Å². The number of aromatic nitrogens is 1. The van der Waals surface area contributed by atoms with E-state index in [1.807, 2.05) is 36.4 Å². The summed E-state index contributed by atoms with van der Waals surface area (Å²) < 4.78 is 0. The number of rotatable bonds is 2. The molecule has 0 saturated carbocycles. The zero-order valence-electron chi connectivity index (χ0n) is 11.5. The molecule has 0 atom stereocenters. The molecule has 1 aliphatic heterocycles. The monoisotopic (exact) mass is 322 g/mol. The van der Waals surface area contributed by atoms with Gasteiger partial charge in [0.15, 0.2) is 0 Å². The molecular weight excluding hydrogens is 307 g/mol. The van der Waals surface area contributed by atoms with Crippen LogP contribution in [0, 0.1) is 0 Å². The number of hydrogen-bond donors (Lipinski definition) is 1. The average molecular weight is 323 g/mol. The van der Waals surface area contributed by atoms with E-state index in [1.165, 1.54) is 0 Å². The Bertz CT molecular complexity index is 605. The van der Waals surface area contributed by atoms with Gasteiger partial charge >= 0.3 is 0 Å². The molecule has 2 heterocycles. The van der Waals surface area contributed by atoms with Crippen molar-refractivity contribution in [2.24, 2.45) is 0 Å². The van der Waals surface area contributed by atoms with E-state index in [4.69, 9.17) is 23.2 Å². The average Bonchev–Trinajstić information content (AvgIpc) is 2.50. The van der Waals surface area contributed by atoms with Gasteiger partial charge in [-0.1, -0.05) is 35.3 Å². The SMILES string of the molecule is OC1(c2ccc(Cl)cc2)CCN(c2ccc(Cl)cn2)CC1. The number of halogens is 2. The van der Waals surface area contributed by atoms with Gasteiger partial charge in [0, 0.05) is 24.3 Å². The molecule has 0 unspecified atom stereocenters. The van der Waals surface area contributed by atoms with Crippen LogP contribution in [0.15, 0.2) is 42.6 Å². The normalized spacial score (nSPS) is 17.8. The molecule has 1 saturated heterocycles. The number of benzene rings is 1. The first-order valence-corrected chi connectivity index (χ1v) is 7.67. The molecule has 21 heavy (non-hydrogen) atoms. The quantitative estimate of drug-likeness (QED) is 0.911. The molecule has 2 aromatic rings. The van der Waals surface area contributed by atoms with Crippen LogP contribution < -0.4 is 4.90 Å². The Labute approximate surface area is 134 Å². The maximum absolute atomic E-state index is 10.8. The van der Waals surface area contributed by atoms with Gasteiger partial charge in [-0.15, -0.1) is 0 Å². The van der Waals surface area contributed by atoms with Crippen molar-refractivity contribution < 1.29 is 5.11 Å². The molecule has 0 spiro atoms. The van der Waals surface area contributed by atoms with Crippen molar-refractivity contribution in [3.63, 3.8) is 0 Å². The molecular formula is C16H16Cl2N2O. The third-order valence-corrected chi connectivity index (χ3v) is 4.48. The predicted molar refractivity (Wildman–Crippen MR) is 86.0 cm³/mol. The summed E-state index contributed by atoms with van der Waals surface area (Å²) in [7, 11) is 0. The van der Waals surface area contributed by atoms with Crippen molar-refractivity contribution >= 4 is 29.0 Å². The van der Waals surface area contributed by atoms with E-state index in [2.05, 4.69) is 9.88 Å². The van der Waals surface area contributed by atoms with Gasteiger partial charge in [-0.3, -0.25) is 0 Å². The summed E-state index contributed by atoms with van der Waals surface area (Å²) in [5.41, 5.74) is 0.142. The molecule has 0 radical (unpaired) electrons. The maximum Gasteiger partial charge on any atom is 0.128 e. The van der Waals surface area contributed by atoms with Crippen LogP contribution in [0.25, 0.3) is 0 Å². The molecule has 3 rings (SSSR count). The third-order valence-electron chi connectivity index (χ3n) is 4.01. The van der Waals surface area contributed by atoms with E-state index >= 15 is 0 Å². The topological polar surface area (TPSA) is 36.4 Å². The Hall–Kier alpha value is -1.29.